The summed E-state index contributed by atoms with van der Waals surface area (Å²) in [5.41, 5.74) is -0.310. The first-order valence-corrected chi connectivity index (χ1v) is 5.03. The average Bonchev–Trinajstić information content (AvgIpc) is 2.19. The van der Waals surface area contributed by atoms with E-state index in [1.54, 1.807) is 0 Å². The molecule has 0 aromatic heterocycles. The zero-order chi connectivity index (χ0) is 12.2. The Morgan fingerprint density at radius 3 is 2.56 bits per heavy atom. The van der Waals surface area contributed by atoms with Crippen LogP contribution in [-0.2, 0) is 11.0 Å². The Morgan fingerprint density at radius 2 is 2.06 bits per heavy atom. The first-order valence-electron chi connectivity index (χ1n) is 4.24. The Hall–Kier alpha value is -1.28. The molecule has 0 fully saturated rings. The molecule has 0 aliphatic carbocycles. The molecule has 16 heavy (non-hydrogen) atoms. The maximum atomic E-state index is 12.3. The minimum Gasteiger partial charge on any atom is -0.302 e. The van der Waals surface area contributed by atoms with Gasteiger partial charge in [0.05, 0.1) is 12.0 Å². The van der Waals surface area contributed by atoms with E-state index in [0.717, 1.165) is 12.1 Å². The van der Waals surface area contributed by atoms with Crippen LogP contribution in [0.2, 0.25) is 0 Å². The fourth-order valence-corrected chi connectivity index (χ4v) is 1.46. The largest absolute Gasteiger partial charge is 0.416 e. The van der Waals surface area contributed by atoms with Crippen molar-refractivity contribution in [3.8, 4) is 11.8 Å². The van der Waals surface area contributed by atoms with Crippen molar-refractivity contribution in [2.45, 2.75) is 12.6 Å². The SMILES string of the molecule is O=CCC#Cc1ccc(C(F)(F)F)cc1Br. The molecule has 0 saturated carbocycles. The fourth-order valence-electron chi connectivity index (χ4n) is 0.981. The van der Waals surface area contributed by atoms with Crippen LogP contribution in [0, 0.1) is 11.8 Å². The quantitative estimate of drug-likeness (QED) is 0.572. The van der Waals surface area contributed by atoms with E-state index in [0.29, 0.717) is 11.8 Å². The lowest BCUT2D eigenvalue weighted by Crippen LogP contribution is -2.04. The molecule has 0 heterocycles. The van der Waals surface area contributed by atoms with E-state index in [4.69, 9.17) is 0 Å². The Bertz CT molecular complexity index is 455. The Balaban J connectivity index is 3.02. The summed E-state index contributed by atoms with van der Waals surface area (Å²) in [7, 11) is 0. The normalized spacial score (nSPS) is 10.5. The number of benzene rings is 1. The second kappa shape index (κ2) is 5.17. The minimum absolute atomic E-state index is 0.0630. The molecule has 1 aromatic carbocycles. The molecule has 84 valence electrons. The molecule has 0 unspecified atom stereocenters. The monoisotopic (exact) mass is 290 g/mol. The maximum absolute atomic E-state index is 12.3. The Labute approximate surface area is 98.8 Å². The Morgan fingerprint density at radius 1 is 1.38 bits per heavy atom. The molecule has 0 N–H and O–H groups in total. The van der Waals surface area contributed by atoms with Crippen molar-refractivity contribution in [2.75, 3.05) is 0 Å². The summed E-state index contributed by atoms with van der Waals surface area (Å²) >= 11 is 3.00. The zero-order valence-electron chi connectivity index (χ0n) is 7.94. The van der Waals surface area contributed by atoms with Gasteiger partial charge in [-0.15, -0.1) is 0 Å². The van der Waals surface area contributed by atoms with Crippen LogP contribution in [0.5, 0.6) is 0 Å². The summed E-state index contributed by atoms with van der Waals surface area (Å²) in [5.74, 6) is 5.12. The molecule has 0 atom stereocenters. The second-order valence-electron chi connectivity index (χ2n) is 2.86. The van der Waals surface area contributed by atoms with Gasteiger partial charge < -0.3 is 4.79 Å². The van der Waals surface area contributed by atoms with E-state index >= 15 is 0 Å². The van der Waals surface area contributed by atoms with Gasteiger partial charge in [-0.05, 0) is 34.1 Å². The van der Waals surface area contributed by atoms with E-state index < -0.39 is 11.7 Å². The summed E-state index contributed by atoms with van der Waals surface area (Å²) in [6, 6.07) is 3.19. The van der Waals surface area contributed by atoms with E-state index in [-0.39, 0.29) is 10.9 Å². The predicted molar refractivity (Wildman–Crippen MR) is 56.7 cm³/mol. The maximum Gasteiger partial charge on any atom is 0.416 e. The van der Waals surface area contributed by atoms with Crippen LogP contribution in [0.15, 0.2) is 22.7 Å². The van der Waals surface area contributed by atoms with E-state index in [1.165, 1.54) is 6.07 Å². The lowest BCUT2D eigenvalue weighted by molar-refractivity contribution is -0.137. The number of carbonyl (C=O) groups is 1. The third-order valence-electron chi connectivity index (χ3n) is 1.70. The van der Waals surface area contributed by atoms with Crippen molar-refractivity contribution in [1.29, 1.82) is 0 Å². The summed E-state index contributed by atoms with van der Waals surface area (Å²) in [5, 5.41) is 0. The molecule has 0 aliphatic rings. The zero-order valence-corrected chi connectivity index (χ0v) is 9.52. The molecule has 1 nitrogen and oxygen atoms in total. The van der Waals surface area contributed by atoms with Gasteiger partial charge in [0.15, 0.2) is 0 Å². The van der Waals surface area contributed by atoms with Gasteiger partial charge in [0, 0.05) is 10.0 Å². The van der Waals surface area contributed by atoms with Gasteiger partial charge in [0.2, 0.25) is 0 Å². The van der Waals surface area contributed by atoms with Gasteiger partial charge in [-0.3, -0.25) is 0 Å². The summed E-state index contributed by atoms with van der Waals surface area (Å²) in [4.78, 5) is 10.0. The number of halogens is 4. The highest BCUT2D eigenvalue weighted by molar-refractivity contribution is 9.10. The molecule has 0 bridgehead atoms. The van der Waals surface area contributed by atoms with Crippen molar-refractivity contribution in [3.63, 3.8) is 0 Å². The number of hydrogen-bond acceptors (Lipinski definition) is 1. The number of aldehydes is 1. The van der Waals surface area contributed by atoms with Crippen LogP contribution in [0.4, 0.5) is 13.2 Å². The smallest absolute Gasteiger partial charge is 0.302 e. The molecule has 0 radical (unpaired) electrons. The summed E-state index contributed by atoms with van der Waals surface area (Å²) in [6.45, 7) is 0. The average molecular weight is 291 g/mol. The van der Waals surface area contributed by atoms with Crippen molar-refractivity contribution >= 4 is 22.2 Å². The van der Waals surface area contributed by atoms with E-state index in [2.05, 4.69) is 27.8 Å². The molecule has 0 saturated heterocycles. The van der Waals surface area contributed by atoms with Crippen LogP contribution in [0.1, 0.15) is 17.5 Å². The number of alkyl halides is 3. The van der Waals surface area contributed by atoms with Gasteiger partial charge in [-0.2, -0.15) is 13.2 Å². The molecule has 0 amide bonds. The highest BCUT2D eigenvalue weighted by Gasteiger charge is 2.30. The Kier molecular flexibility index (Phi) is 4.13. The highest BCUT2D eigenvalue weighted by atomic mass is 79.9. The van der Waals surface area contributed by atoms with Crippen molar-refractivity contribution < 1.29 is 18.0 Å². The van der Waals surface area contributed by atoms with E-state index in [1.807, 2.05) is 0 Å². The van der Waals surface area contributed by atoms with Gasteiger partial charge >= 0.3 is 6.18 Å². The fraction of sp³-hybridized carbons (Fsp3) is 0.182. The van der Waals surface area contributed by atoms with Gasteiger partial charge in [-0.25, -0.2) is 0 Å². The summed E-state index contributed by atoms with van der Waals surface area (Å²) < 4.78 is 37.2. The summed E-state index contributed by atoms with van der Waals surface area (Å²) in [6.07, 6.45) is -3.67. The molecular weight excluding hydrogens is 285 g/mol. The predicted octanol–water partition coefficient (Wildman–Crippen LogP) is 3.41. The molecule has 1 rings (SSSR count). The number of rotatable bonds is 1. The minimum atomic E-state index is -4.36. The first-order chi connectivity index (χ1) is 7.45. The number of hydrogen-bond donors (Lipinski definition) is 0. The number of carbonyl (C=O) groups excluding carboxylic acids is 1. The van der Waals surface area contributed by atoms with Gasteiger partial charge in [-0.1, -0.05) is 11.8 Å². The molecule has 1 aromatic rings. The highest BCUT2D eigenvalue weighted by Crippen LogP contribution is 2.31. The second-order valence-corrected chi connectivity index (χ2v) is 3.72. The van der Waals surface area contributed by atoms with E-state index in [9.17, 15) is 18.0 Å². The van der Waals surface area contributed by atoms with Gasteiger partial charge in [0.25, 0.3) is 0 Å². The first kappa shape index (κ1) is 12.8. The molecule has 5 heteroatoms. The lowest BCUT2D eigenvalue weighted by atomic mass is 10.1. The standard InChI is InChI=1S/C11H6BrF3O/c12-10-7-9(11(13,14)15)5-4-8(10)3-1-2-6-16/h4-7H,2H2. The van der Waals surface area contributed by atoms with Crippen molar-refractivity contribution in [3.05, 3.63) is 33.8 Å². The third kappa shape index (κ3) is 3.38. The van der Waals surface area contributed by atoms with Crippen LogP contribution in [0.25, 0.3) is 0 Å². The van der Waals surface area contributed by atoms with Crippen LogP contribution >= 0.6 is 15.9 Å². The molecule has 0 aliphatic heterocycles. The lowest BCUT2D eigenvalue weighted by Gasteiger charge is -2.07. The van der Waals surface area contributed by atoms with Crippen LogP contribution in [-0.4, -0.2) is 6.29 Å². The van der Waals surface area contributed by atoms with Crippen LogP contribution < -0.4 is 0 Å². The van der Waals surface area contributed by atoms with Crippen LogP contribution in [0.3, 0.4) is 0 Å². The molecular formula is C11H6BrF3O. The third-order valence-corrected chi connectivity index (χ3v) is 2.36. The molecule has 0 spiro atoms. The topological polar surface area (TPSA) is 17.1 Å². The van der Waals surface area contributed by atoms with Crippen molar-refractivity contribution in [1.82, 2.24) is 0 Å². The van der Waals surface area contributed by atoms with Gasteiger partial charge in [0.1, 0.15) is 6.29 Å². The van der Waals surface area contributed by atoms with Crippen molar-refractivity contribution in [2.24, 2.45) is 0 Å².